The number of carbonyl (C=O) groups is 1. The zero-order chi connectivity index (χ0) is 13.1. The van der Waals surface area contributed by atoms with Crippen molar-refractivity contribution in [3.05, 3.63) is 24.0 Å². The van der Waals surface area contributed by atoms with Crippen LogP contribution < -0.4 is 10.6 Å². The van der Waals surface area contributed by atoms with Crippen LogP contribution in [0.3, 0.4) is 0 Å². The number of benzene rings is 1. The van der Waals surface area contributed by atoms with Gasteiger partial charge in [0, 0.05) is 19.3 Å². The predicted molar refractivity (Wildman–Crippen MR) is 69.5 cm³/mol. The molecule has 0 atom stereocenters. The van der Waals surface area contributed by atoms with E-state index in [4.69, 9.17) is 10.8 Å². The van der Waals surface area contributed by atoms with Crippen molar-refractivity contribution in [3.63, 3.8) is 0 Å². The first kappa shape index (κ1) is 12.4. The number of carboxylic acid groups (broad SMARTS) is 1. The Morgan fingerprint density at radius 3 is 3.00 bits per heavy atom. The number of aromatic nitrogens is 2. The monoisotopic (exact) mass is 248 g/mol. The Balaban J connectivity index is 2.20. The van der Waals surface area contributed by atoms with Gasteiger partial charge in [-0.2, -0.15) is 0 Å². The molecule has 4 N–H and O–H groups in total. The highest BCUT2D eigenvalue weighted by Gasteiger charge is 2.07. The van der Waals surface area contributed by atoms with Crippen LogP contribution in [0.2, 0.25) is 0 Å². The third kappa shape index (κ3) is 2.60. The molecule has 0 aliphatic heterocycles. The van der Waals surface area contributed by atoms with Crippen molar-refractivity contribution in [2.24, 2.45) is 5.73 Å². The standard InChI is InChI=1S/C12H16N4O2/c1-16(5-4-12(17)18)8-2-3-9-10(6-8)15-11(7-13)14-9/h2-3,6H,4-5,7,13H2,1H3,(H,14,15)(H,17,18). The Morgan fingerprint density at radius 2 is 2.33 bits per heavy atom. The van der Waals surface area contributed by atoms with Gasteiger partial charge in [0.15, 0.2) is 0 Å². The summed E-state index contributed by atoms with van der Waals surface area (Å²) in [6, 6.07) is 5.77. The molecular formula is C12H16N4O2. The number of carboxylic acids is 1. The molecule has 6 heteroatoms. The molecule has 0 radical (unpaired) electrons. The zero-order valence-corrected chi connectivity index (χ0v) is 10.2. The summed E-state index contributed by atoms with van der Waals surface area (Å²) in [7, 11) is 1.87. The number of hydrogen-bond acceptors (Lipinski definition) is 4. The molecule has 1 aromatic heterocycles. The number of aliphatic carboxylic acids is 1. The highest BCUT2D eigenvalue weighted by atomic mass is 16.4. The van der Waals surface area contributed by atoms with E-state index in [-0.39, 0.29) is 6.42 Å². The van der Waals surface area contributed by atoms with Crippen LogP contribution in [0.4, 0.5) is 5.69 Å². The highest BCUT2D eigenvalue weighted by molar-refractivity contribution is 5.79. The number of nitrogens with one attached hydrogen (secondary N) is 1. The first-order chi connectivity index (χ1) is 8.60. The molecule has 0 saturated heterocycles. The van der Waals surface area contributed by atoms with Gasteiger partial charge in [-0.25, -0.2) is 4.98 Å². The summed E-state index contributed by atoms with van der Waals surface area (Å²) in [5, 5.41) is 8.66. The van der Waals surface area contributed by atoms with Crippen LogP contribution in [0.1, 0.15) is 12.2 Å². The van der Waals surface area contributed by atoms with Gasteiger partial charge in [-0.3, -0.25) is 4.79 Å². The number of imidazole rings is 1. The fourth-order valence-electron chi connectivity index (χ4n) is 1.78. The lowest BCUT2D eigenvalue weighted by atomic mass is 10.2. The quantitative estimate of drug-likeness (QED) is 0.731. The van der Waals surface area contributed by atoms with E-state index in [2.05, 4.69) is 9.97 Å². The van der Waals surface area contributed by atoms with Crippen LogP contribution in [0.5, 0.6) is 0 Å². The molecule has 96 valence electrons. The van der Waals surface area contributed by atoms with Gasteiger partial charge in [0.1, 0.15) is 5.82 Å². The van der Waals surface area contributed by atoms with Crippen molar-refractivity contribution in [3.8, 4) is 0 Å². The topological polar surface area (TPSA) is 95.2 Å². The van der Waals surface area contributed by atoms with Crippen LogP contribution >= 0.6 is 0 Å². The van der Waals surface area contributed by atoms with E-state index in [0.717, 1.165) is 22.5 Å². The minimum atomic E-state index is -0.796. The summed E-state index contributed by atoms with van der Waals surface area (Å²) in [6.07, 6.45) is 0.117. The summed E-state index contributed by atoms with van der Waals surface area (Å²) in [5.41, 5.74) is 8.26. The van der Waals surface area contributed by atoms with Gasteiger partial charge >= 0.3 is 5.97 Å². The number of H-pyrrole nitrogens is 1. The molecule has 1 heterocycles. The fourth-order valence-corrected chi connectivity index (χ4v) is 1.78. The van der Waals surface area contributed by atoms with Crippen LogP contribution in [0.25, 0.3) is 11.0 Å². The number of anilines is 1. The number of nitrogens with two attached hydrogens (primary N) is 1. The van der Waals surface area contributed by atoms with Gasteiger partial charge in [-0.1, -0.05) is 0 Å². The molecule has 0 bridgehead atoms. The molecule has 0 aliphatic rings. The Hall–Kier alpha value is -2.08. The molecule has 2 rings (SSSR count). The van der Waals surface area contributed by atoms with Crippen molar-refractivity contribution in [1.82, 2.24) is 9.97 Å². The Kier molecular flexibility index (Phi) is 3.47. The third-order valence-electron chi connectivity index (χ3n) is 2.81. The van der Waals surface area contributed by atoms with Crippen LogP contribution in [0.15, 0.2) is 18.2 Å². The zero-order valence-electron chi connectivity index (χ0n) is 10.2. The maximum Gasteiger partial charge on any atom is 0.305 e. The SMILES string of the molecule is CN(CCC(=O)O)c1ccc2nc(CN)[nH]c2c1. The number of nitrogens with zero attached hydrogens (tertiary/aromatic N) is 2. The van der Waals surface area contributed by atoms with Crippen molar-refractivity contribution in [1.29, 1.82) is 0 Å². The summed E-state index contributed by atoms with van der Waals surface area (Å²) < 4.78 is 0. The average Bonchev–Trinajstić information content (AvgIpc) is 2.77. The number of hydrogen-bond donors (Lipinski definition) is 3. The second kappa shape index (κ2) is 5.05. The van der Waals surface area contributed by atoms with Gasteiger partial charge in [0.25, 0.3) is 0 Å². The smallest absolute Gasteiger partial charge is 0.305 e. The normalized spacial score (nSPS) is 10.8. The Bertz CT molecular complexity index is 564. The van der Waals surface area contributed by atoms with E-state index in [0.29, 0.717) is 13.1 Å². The second-order valence-electron chi connectivity index (χ2n) is 4.15. The Labute approximate surface area is 104 Å². The summed E-state index contributed by atoms with van der Waals surface area (Å²) in [6.45, 7) is 0.845. The third-order valence-corrected chi connectivity index (χ3v) is 2.81. The highest BCUT2D eigenvalue weighted by Crippen LogP contribution is 2.20. The maximum absolute atomic E-state index is 10.5. The van der Waals surface area contributed by atoms with Gasteiger partial charge in [-0.05, 0) is 18.2 Å². The van der Waals surface area contributed by atoms with Gasteiger partial charge in [0.2, 0.25) is 0 Å². The van der Waals surface area contributed by atoms with Gasteiger partial charge in [-0.15, -0.1) is 0 Å². The van der Waals surface area contributed by atoms with Crippen LogP contribution in [-0.2, 0) is 11.3 Å². The molecule has 1 aromatic carbocycles. The lowest BCUT2D eigenvalue weighted by molar-refractivity contribution is -0.136. The van der Waals surface area contributed by atoms with Crippen LogP contribution in [0, 0.1) is 0 Å². The second-order valence-corrected chi connectivity index (χ2v) is 4.15. The first-order valence-electron chi connectivity index (χ1n) is 5.72. The molecule has 0 fully saturated rings. The van der Waals surface area contributed by atoms with E-state index in [9.17, 15) is 4.79 Å². The molecule has 0 spiro atoms. The number of aromatic amines is 1. The number of fused-ring (bicyclic) bond motifs is 1. The summed E-state index contributed by atoms with van der Waals surface area (Å²) in [4.78, 5) is 19.9. The molecule has 18 heavy (non-hydrogen) atoms. The average molecular weight is 248 g/mol. The molecule has 0 aliphatic carbocycles. The van der Waals surface area contributed by atoms with E-state index < -0.39 is 5.97 Å². The molecular weight excluding hydrogens is 232 g/mol. The van der Waals surface area contributed by atoms with Crippen molar-refractivity contribution in [2.75, 3.05) is 18.5 Å². The fraction of sp³-hybridized carbons (Fsp3) is 0.333. The summed E-state index contributed by atoms with van der Waals surface area (Å²) >= 11 is 0. The molecule has 0 amide bonds. The van der Waals surface area contributed by atoms with E-state index in [1.54, 1.807) is 0 Å². The summed E-state index contributed by atoms with van der Waals surface area (Å²) in [5.74, 6) is -0.0507. The van der Waals surface area contributed by atoms with E-state index >= 15 is 0 Å². The molecule has 6 nitrogen and oxygen atoms in total. The predicted octanol–water partition coefficient (Wildman–Crippen LogP) is 0.932. The van der Waals surface area contributed by atoms with Gasteiger partial charge in [0.05, 0.1) is 24.0 Å². The number of rotatable bonds is 5. The molecule has 0 unspecified atom stereocenters. The molecule has 0 saturated carbocycles. The lowest BCUT2D eigenvalue weighted by Crippen LogP contribution is -2.20. The van der Waals surface area contributed by atoms with E-state index in [1.807, 2.05) is 30.1 Å². The van der Waals surface area contributed by atoms with Gasteiger partial charge < -0.3 is 20.7 Å². The van der Waals surface area contributed by atoms with Crippen molar-refractivity contribution in [2.45, 2.75) is 13.0 Å². The van der Waals surface area contributed by atoms with E-state index in [1.165, 1.54) is 0 Å². The minimum Gasteiger partial charge on any atom is -0.481 e. The largest absolute Gasteiger partial charge is 0.481 e. The maximum atomic E-state index is 10.5. The first-order valence-corrected chi connectivity index (χ1v) is 5.72. The molecule has 2 aromatic rings. The Morgan fingerprint density at radius 1 is 1.56 bits per heavy atom. The minimum absolute atomic E-state index is 0.117. The van der Waals surface area contributed by atoms with Crippen LogP contribution in [-0.4, -0.2) is 34.6 Å². The lowest BCUT2D eigenvalue weighted by Gasteiger charge is -2.17. The van der Waals surface area contributed by atoms with Crippen molar-refractivity contribution >= 4 is 22.7 Å². The van der Waals surface area contributed by atoms with Crippen molar-refractivity contribution < 1.29 is 9.90 Å².